The fourth-order valence-corrected chi connectivity index (χ4v) is 4.09. The van der Waals surface area contributed by atoms with Crippen molar-refractivity contribution in [1.82, 2.24) is 15.0 Å². The molecule has 3 N–H and O–H groups in total. The van der Waals surface area contributed by atoms with Crippen LogP contribution in [0.5, 0.6) is 0 Å². The van der Waals surface area contributed by atoms with E-state index in [9.17, 15) is 14.7 Å². The van der Waals surface area contributed by atoms with Crippen molar-refractivity contribution in [2.24, 2.45) is 0 Å². The summed E-state index contributed by atoms with van der Waals surface area (Å²) < 4.78 is 6.64. The number of carbonyl (C=O) groups is 2. The Bertz CT molecular complexity index is 1350. The molecule has 4 rings (SSSR count). The highest BCUT2D eigenvalue weighted by Gasteiger charge is 2.23. The van der Waals surface area contributed by atoms with Gasteiger partial charge in [-0.05, 0) is 51.0 Å². The lowest BCUT2D eigenvalue weighted by Gasteiger charge is -2.24. The number of hydrogen-bond acceptors (Lipinski definition) is 4. The largest absolute Gasteiger partial charge is 0.476 e. The van der Waals surface area contributed by atoms with Crippen molar-refractivity contribution in [3.05, 3.63) is 71.0 Å². The van der Waals surface area contributed by atoms with Crippen LogP contribution in [0.3, 0.4) is 0 Å². The van der Waals surface area contributed by atoms with E-state index in [0.29, 0.717) is 22.3 Å². The second kappa shape index (κ2) is 9.30. The van der Waals surface area contributed by atoms with Gasteiger partial charge in [0.25, 0.3) is 0 Å². The Morgan fingerprint density at radius 3 is 2.68 bits per heavy atom. The highest BCUT2D eigenvalue weighted by atomic mass is 35.5. The number of fused-ring (bicyclic) bond motifs is 2. The van der Waals surface area contributed by atoms with Gasteiger partial charge < -0.3 is 25.0 Å². The van der Waals surface area contributed by atoms with Gasteiger partial charge in [-0.2, -0.15) is 4.73 Å². The normalized spacial score (nSPS) is 12.6. The highest BCUT2D eigenvalue weighted by molar-refractivity contribution is 6.35. The number of rotatable bonds is 7. The molecule has 2 aromatic carbocycles. The van der Waals surface area contributed by atoms with Gasteiger partial charge in [0.1, 0.15) is 17.7 Å². The fraction of sp³-hybridized carbons (Fsp3) is 0.280. The molecule has 8 nitrogen and oxygen atoms in total. The Morgan fingerprint density at radius 2 is 1.94 bits per heavy atom. The molecule has 1 unspecified atom stereocenters. The Kier molecular flexibility index (Phi) is 6.43. The lowest BCUT2D eigenvalue weighted by atomic mass is 10.1. The zero-order valence-corrected chi connectivity index (χ0v) is 19.8. The van der Waals surface area contributed by atoms with E-state index in [0.717, 1.165) is 16.5 Å². The van der Waals surface area contributed by atoms with Crippen molar-refractivity contribution in [1.29, 1.82) is 0 Å². The predicted molar refractivity (Wildman–Crippen MR) is 131 cm³/mol. The fourth-order valence-electron chi connectivity index (χ4n) is 3.83. The molecule has 0 radical (unpaired) electrons. The lowest BCUT2D eigenvalue weighted by Crippen LogP contribution is -2.44. The van der Waals surface area contributed by atoms with Crippen molar-refractivity contribution in [2.45, 2.75) is 38.8 Å². The van der Waals surface area contributed by atoms with Crippen LogP contribution in [0.15, 0.2) is 54.7 Å². The zero-order chi connectivity index (χ0) is 24.5. The van der Waals surface area contributed by atoms with Crippen molar-refractivity contribution < 1.29 is 24.3 Å². The number of ether oxygens (including phenoxy) is 1. The molecule has 9 heteroatoms. The van der Waals surface area contributed by atoms with E-state index in [1.54, 1.807) is 39.0 Å². The number of H-pyrrole nitrogens is 1. The first-order chi connectivity index (χ1) is 16.1. The van der Waals surface area contributed by atoms with Crippen LogP contribution in [-0.2, 0) is 11.2 Å². The summed E-state index contributed by atoms with van der Waals surface area (Å²) in [5, 5.41) is 14.6. The maximum Gasteiger partial charge on any atom is 0.408 e. The molecule has 0 bridgehead atoms. The number of nitrogens with zero attached hydrogens (tertiary/aromatic N) is 1. The van der Waals surface area contributed by atoms with Gasteiger partial charge in [0, 0.05) is 22.5 Å². The second-order valence-electron chi connectivity index (χ2n) is 9.01. The summed E-state index contributed by atoms with van der Waals surface area (Å²) >= 11 is 6.35. The zero-order valence-electron chi connectivity index (χ0n) is 19.1. The van der Waals surface area contributed by atoms with Crippen molar-refractivity contribution in [3.8, 4) is 0 Å². The first kappa shape index (κ1) is 23.5. The number of hydrogen-bond donors (Lipinski definition) is 3. The third-order valence-electron chi connectivity index (χ3n) is 5.22. The average molecular weight is 484 g/mol. The van der Waals surface area contributed by atoms with Crippen LogP contribution in [0.2, 0.25) is 5.02 Å². The summed E-state index contributed by atoms with van der Waals surface area (Å²) in [5.41, 5.74) is 1.67. The van der Waals surface area contributed by atoms with Crippen LogP contribution in [0.4, 0.5) is 4.79 Å². The molecular weight excluding hydrogens is 458 g/mol. The van der Waals surface area contributed by atoms with Crippen molar-refractivity contribution >= 4 is 45.5 Å². The van der Waals surface area contributed by atoms with Gasteiger partial charge in [0.2, 0.25) is 0 Å². The number of alkyl carbamates (subject to hydrolysis) is 1. The Hall–Kier alpha value is -3.65. The van der Waals surface area contributed by atoms with Crippen LogP contribution in [0.1, 0.15) is 36.8 Å². The molecule has 0 fully saturated rings. The van der Waals surface area contributed by atoms with Gasteiger partial charge in [-0.15, -0.1) is 0 Å². The number of carbonyl (C=O) groups excluding carboxylic acids is 1. The predicted octanol–water partition coefficient (Wildman–Crippen LogP) is 5.04. The summed E-state index contributed by atoms with van der Waals surface area (Å²) in [6.45, 7) is 5.33. The highest BCUT2D eigenvalue weighted by Crippen LogP contribution is 2.27. The first-order valence-electron chi connectivity index (χ1n) is 10.8. The number of benzene rings is 2. The van der Waals surface area contributed by atoms with Crippen LogP contribution in [0, 0.1) is 0 Å². The third-order valence-corrected chi connectivity index (χ3v) is 5.52. The van der Waals surface area contributed by atoms with E-state index < -0.39 is 23.7 Å². The minimum Gasteiger partial charge on any atom is -0.476 e. The number of halogens is 1. The van der Waals surface area contributed by atoms with Crippen LogP contribution >= 0.6 is 11.6 Å². The minimum atomic E-state index is -1.15. The molecule has 2 heterocycles. The van der Waals surface area contributed by atoms with E-state index in [1.165, 1.54) is 10.8 Å². The maximum atomic E-state index is 12.5. The molecule has 0 aliphatic heterocycles. The SMILES string of the molecule is CC(C)(C)OC(=O)NC(COn1c(C(=O)O)cc2cccc(Cl)c21)Cc1c[nH]c2ccccc12. The van der Waals surface area contributed by atoms with E-state index in [4.69, 9.17) is 21.2 Å². The molecule has 1 amide bonds. The van der Waals surface area contributed by atoms with Gasteiger partial charge in [-0.25, -0.2) is 9.59 Å². The van der Waals surface area contributed by atoms with Crippen molar-refractivity contribution in [2.75, 3.05) is 6.61 Å². The molecule has 4 aromatic rings. The monoisotopic (exact) mass is 483 g/mol. The smallest absolute Gasteiger partial charge is 0.408 e. The van der Waals surface area contributed by atoms with E-state index in [2.05, 4.69) is 10.3 Å². The van der Waals surface area contributed by atoms with Gasteiger partial charge in [0.05, 0.1) is 11.1 Å². The Labute approximate surface area is 201 Å². The number of carboxylic acids is 1. The van der Waals surface area contributed by atoms with Crippen molar-refractivity contribution in [3.63, 3.8) is 0 Å². The lowest BCUT2D eigenvalue weighted by molar-refractivity contribution is 0.0405. The van der Waals surface area contributed by atoms with Crippen LogP contribution in [-0.4, -0.2) is 45.1 Å². The molecular formula is C25H26ClN3O5. The van der Waals surface area contributed by atoms with Crippen LogP contribution in [0.25, 0.3) is 21.8 Å². The number of aromatic carboxylic acids is 1. The molecule has 2 aromatic heterocycles. The van der Waals surface area contributed by atoms with E-state index in [1.807, 2.05) is 30.5 Å². The van der Waals surface area contributed by atoms with Gasteiger partial charge in [-0.1, -0.05) is 41.9 Å². The average Bonchev–Trinajstić information content (AvgIpc) is 3.33. The van der Waals surface area contributed by atoms with Gasteiger partial charge >= 0.3 is 12.1 Å². The van der Waals surface area contributed by atoms with Gasteiger partial charge in [0.15, 0.2) is 5.69 Å². The summed E-state index contributed by atoms with van der Waals surface area (Å²) in [6, 6.07) is 14.0. The second-order valence-corrected chi connectivity index (χ2v) is 9.42. The number of para-hydroxylation sites is 2. The topological polar surface area (TPSA) is 106 Å². The summed E-state index contributed by atoms with van der Waals surface area (Å²) in [7, 11) is 0. The maximum absolute atomic E-state index is 12.5. The summed E-state index contributed by atoms with van der Waals surface area (Å²) in [4.78, 5) is 33.6. The Morgan fingerprint density at radius 1 is 1.18 bits per heavy atom. The number of carboxylic acid groups (broad SMARTS) is 1. The molecule has 0 saturated carbocycles. The van der Waals surface area contributed by atoms with Crippen LogP contribution < -0.4 is 10.2 Å². The minimum absolute atomic E-state index is 0.0198. The number of aromatic amines is 1. The molecule has 0 aliphatic carbocycles. The third kappa shape index (κ3) is 5.12. The van der Waals surface area contributed by atoms with E-state index >= 15 is 0 Å². The molecule has 1 atom stereocenters. The Balaban J connectivity index is 1.63. The van der Waals surface area contributed by atoms with Gasteiger partial charge in [-0.3, -0.25) is 0 Å². The quantitative estimate of drug-likeness (QED) is 0.341. The number of nitrogens with one attached hydrogen (secondary N) is 2. The standard InChI is InChI=1S/C25H26ClN3O5/c1-25(2,3)34-24(32)28-17(11-16-13-27-20-10-5-4-8-18(16)20)14-33-29-21(23(30)31)12-15-7-6-9-19(26)22(15)29/h4-10,12-13,17,27H,11,14H2,1-3H3,(H,28,32)(H,30,31). The summed E-state index contributed by atoms with van der Waals surface area (Å²) in [5.74, 6) is -1.15. The van der Waals surface area contributed by atoms with E-state index in [-0.39, 0.29) is 12.3 Å². The summed E-state index contributed by atoms with van der Waals surface area (Å²) in [6.07, 6.45) is 1.73. The molecule has 0 aliphatic rings. The molecule has 178 valence electrons. The molecule has 34 heavy (non-hydrogen) atoms. The first-order valence-corrected chi connectivity index (χ1v) is 11.2. The molecule has 0 saturated heterocycles. The number of aromatic nitrogens is 2. The molecule has 0 spiro atoms. The number of amides is 1.